The molecular formula is C84H113BrCl6O19. The minimum Gasteiger partial charge on any atom is -0.508 e. The number of carbonyl (C=O) groups excluding carboxylic acids is 2. The molecule has 7 aromatic carbocycles. The van der Waals surface area contributed by atoms with Gasteiger partial charge in [-0.15, -0.1) is 69.6 Å². The number of halogens is 7. The monoisotopic (exact) mass is 1710 g/mol. The van der Waals surface area contributed by atoms with Crippen molar-refractivity contribution in [1.29, 1.82) is 0 Å². The Hall–Kier alpha value is -5.70. The van der Waals surface area contributed by atoms with E-state index >= 15 is 0 Å². The molecule has 110 heavy (non-hydrogen) atoms. The average molecular weight is 1720 g/mol. The fourth-order valence-electron chi connectivity index (χ4n) is 9.24. The van der Waals surface area contributed by atoms with Gasteiger partial charge in [-0.2, -0.15) is 0 Å². The maximum absolute atomic E-state index is 11.2. The zero-order chi connectivity index (χ0) is 80.3. The largest absolute Gasteiger partial charge is 0.508 e. The summed E-state index contributed by atoms with van der Waals surface area (Å²) in [5.41, 5.74) is 9.84. The van der Waals surface area contributed by atoms with Crippen LogP contribution in [0.4, 0.5) is 0 Å². The van der Waals surface area contributed by atoms with Crippen LogP contribution in [0.15, 0.2) is 156 Å². The van der Waals surface area contributed by atoms with Crippen LogP contribution in [0.2, 0.25) is 0 Å². The van der Waals surface area contributed by atoms with Gasteiger partial charge in [-0.05, 0) is 190 Å². The van der Waals surface area contributed by atoms with E-state index in [1.54, 1.807) is 57.7 Å². The van der Waals surface area contributed by atoms with E-state index in [0.29, 0.717) is 185 Å². The molecule has 7 aromatic rings. The van der Waals surface area contributed by atoms with Gasteiger partial charge >= 0.3 is 11.9 Å². The number of aliphatic hydroxyl groups excluding tert-OH is 1. The molecule has 0 radical (unpaired) electrons. The van der Waals surface area contributed by atoms with E-state index in [4.69, 9.17) is 146 Å². The third kappa shape index (κ3) is 51.8. The molecule has 0 amide bonds. The number of benzene rings is 7. The van der Waals surface area contributed by atoms with Crippen molar-refractivity contribution in [3.05, 3.63) is 206 Å². The van der Waals surface area contributed by atoms with Gasteiger partial charge in [-0.1, -0.05) is 85.8 Å². The number of aryl methyl sites for hydroxylation is 6. The summed E-state index contributed by atoms with van der Waals surface area (Å²) in [6, 6.07) is 47.6. The van der Waals surface area contributed by atoms with Crippen LogP contribution in [0.1, 0.15) is 76.8 Å². The summed E-state index contributed by atoms with van der Waals surface area (Å²) in [6.07, 6.45) is 7.43. The zero-order valence-electron chi connectivity index (χ0n) is 64.2. The van der Waals surface area contributed by atoms with Crippen molar-refractivity contribution in [3.8, 4) is 40.2 Å². The van der Waals surface area contributed by atoms with Crippen LogP contribution in [0.5, 0.6) is 40.2 Å². The van der Waals surface area contributed by atoms with Gasteiger partial charge in [0, 0.05) is 83.0 Å². The topological polar surface area (TPSA) is 224 Å². The van der Waals surface area contributed by atoms with Crippen molar-refractivity contribution >= 4 is 97.5 Å². The first-order valence-electron chi connectivity index (χ1n) is 36.6. The van der Waals surface area contributed by atoms with Crippen LogP contribution in [0.25, 0.3) is 0 Å². The molecule has 26 heteroatoms. The Morgan fingerprint density at radius 2 is 0.664 bits per heavy atom. The Kier molecular flexibility index (Phi) is 62.8. The molecule has 19 nitrogen and oxygen atoms in total. The second-order valence-corrected chi connectivity index (χ2v) is 26.7. The third-order valence-electron chi connectivity index (χ3n) is 14.9. The molecule has 3 N–H and O–H groups in total. The fraction of sp³-hybridized carbons (Fsp3) is 0.476. The lowest BCUT2D eigenvalue weighted by Crippen LogP contribution is -2.13. The van der Waals surface area contributed by atoms with Gasteiger partial charge in [-0.3, -0.25) is 9.59 Å². The quantitative estimate of drug-likeness (QED) is 0.0139. The van der Waals surface area contributed by atoms with E-state index in [9.17, 15) is 14.7 Å². The van der Waals surface area contributed by atoms with Crippen LogP contribution in [0.3, 0.4) is 0 Å². The zero-order valence-corrected chi connectivity index (χ0v) is 70.3. The first kappa shape index (κ1) is 100. The number of aliphatic hydroxyl groups is 1. The molecule has 0 aromatic heterocycles. The van der Waals surface area contributed by atoms with Gasteiger partial charge in [0.05, 0.1) is 104 Å². The highest BCUT2D eigenvalue weighted by molar-refractivity contribution is 9.10. The normalized spacial score (nSPS) is 10.5. The highest BCUT2D eigenvalue weighted by atomic mass is 79.9. The molecule has 0 bridgehead atoms. The molecule has 0 spiro atoms. The van der Waals surface area contributed by atoms with Gasteiger partial charge in [0.2, 0.25) is 0 Å². The SMILES string of the molecule is CC(=O)Oc1ccc(CCCl)cc1.CCCC(=O)Oc1ccc(CCCl)cc1.COCCOCCOCCOc1ccc(CCCl)cc1.COCCOCCOCCOc1ccc(CCCl)cc1Cc1cc(CCCl)ccc1O.COCCOCCOCCOc1ccc(CCO)cc1.Oc1ccc(CCCl)cc1Br. The Labute approximate surface area is 690 Å². The summed E-state index contributed by atoms with van der Waals surface area (Å²) < 4.78 is 74.7. The number of phenolic OH excluding ortho intramolecular Hbond substituents is 2. The number of methoxy groups -OCH3 is 3. The molecule has 0 heterocycles. The van der Waals surface area contributed by atoms with Crippen molar-refractivity contribution in [1.82, 2.24) is 0 Å². The van der Waals surface area contributed by atoms with Crippen molar-refractivity contribution < 1.29 is 91.2 Å². The number of esters is 2. The second kappa shape index (κ2) is 68.9. The van der Waals surface area contributed by atoms with Crippen molar-refractivity contribution in [2.24, 2.45) is 0 Å². The lowest BCUT2D eigenvalue weighted by molar-refractivity contribution is -0.134. The molecule has 0 aliphatic rings. The van der Waals surface area contributed by atoms with Gasteiger partial charge < -0.3 is 81.6 Å². The molecule has 0 saturated carbocycles. The average Bonchev–Trinajstić information content (AvgIpc) is 0.830. The fourth-order valence-corrected chi connectivity index (χ4v) is 11.0. The number of hydrogen-bond donors (Lipinski definition) is 3. The summed E-state index contributed by atoms with van der Waals surface area (Å²) in [5.74, 6) is 7.23. The Morgan fingerprint density at radius 3 is 1.03 bits per heavy atom. The minimum atomic E-state index is -0.301. The molecule has 0 aliphatic heterocycles. The Morgan fingerprint density at radius 1 is 0.355 bits per heavy atom. The van der Waals surface area contributed by atoms with Crippen LogP contribution in [-0.4, -0.2) is 209 Å². The maximum atomic E-state index is 11.2. The van der Waals surface area contributed by atoms with Crippen LogP contribution < -0.4 is 23.7 Å². The summed E-state index contributed by atoms with van der Waals surface area (Å²) in [6.45, 7) is 13.4. The molecule has 0 saturated heterocycles. The minimum absolute atomic E-state index is 0.167. The predicted octanol–water partition coefficient (Wildman–Crippen LogP) is 16.9. The van der Waals surface area contributed by atoms with Gasteiger partial charge in [-0.25, -0.2) is 0 Å². The van der Waals surface area contributed by atoms with E-state index in [1.165, 1.54) is 12.5 Å². The van der Waals surface area contributed by atoms with Gasteiger partial charge in [0.15, 0.2) is 0 Å². The van der Waals surface area contributed by atoms with E-state index in [0.717, 1.165) is 111 Å². The first-order valence-corrected chi connectivity index (χ1v) is 40.6. The van der Waals surface area contributed by atoms with E-state index in [1.807, 2.05) is 116 Å². The molecule has 0 atom stereocenters. The van der Waals surface area contributed by atoms with Crippen molar-refractivity contribution in [2.75, 3.05) is 182 Å². The highest BCUT2D eigenvalue weighted by Crippen LogP contribution is 2.29. The van der Waals surface area contributed by atoms with E-state index in [2.05, 4.69) is 22.0 Å². The van der Waals surface area contributed by atoms with Gasteiger partial charge in [0.25, 0.3) is 0 Å². The third-order valence-corrected chi connectivity index (χ3v) is 16.7. The lowest BCUT2D eigenvalue weighted by atomic mass is 9.98. The van der Waals surface area contributed by atoms with Crippen LogP contribution >= 0.6 is 85.5 Å². The Balaban J connectivity index is 0.000000463. The Bertz CT molecular complexity index is 3320. The van der Waals surface area contributed by atoms with Crippen molar-refractivity contribution in [2.45, 2.75) is 78.1 Å². The maximum Gasteiger partial charge on any atom is 0.311 e. The first-order chi connectivity index (χ1) is 53.6. The van der Waals surface area contributed by atoms with Crippen molar-refractivity contribution in [3.63, 3.8) is 0 Å². The molecule has 0 unspecified atom stereocenters. The van der Waals surface area contributed by atoms with Crippen LogP contribution in [0, 0.1) is 0 Å². The smallest absolute Gasteiger partial charge is 0.311 e. The van der Waals surface area contributed by atoms with E-state index < -0.39 is 0 Å². The highest BCUT2D eigenvalue weighted by Gasteiger charge is 2.12. The molecule has 0 fully saturated rings. The lowest BCUT2D eigenvalue weighted by Gasteiger charge is -2.15. The summed E-state index contributed by atoms with van der Waals surface area (Å²) in [7, 11) is 4.94. The second-order valence-electron chi connectivity index (χ2n) is 23.6. The van der Waals surface area contributed by atoms with Crippen LogP contribution in [-0.2, 0) is 104 Å². The molecule has 0 aliphatic carbocycles. The number of ether oxygens (including phenoxy) is 14. The molecule has 612 valence electrons. The summed E-state index contributed by atoms with van der Waals surface area (Å²) >= 11 is 37.4. The van der Waals surface area contributed by atoms with Gasteiger partial charge in [0.1, 0.15) is 60.1 Å². The summed E-state index contributed by atoms with van der Waals surface area (Å²) in [4.78, 5) is 21.8. The molecule has 7 rings (SSSR count). The number of carbonyl (C=O) groups is 2. The van der Waals surface area contributed by atoms with E-state index in [-0.39, 0.29) is 30.0 Å². The summed E-state index contributed by atoms with van der Waals surface area (Å²) in [5, 5.41) is 28.3. The molecular weight excluding hydrogens is 1610 g/mol. The number of phenols is 2. The number of hydrogen-bond acceptors (Lipinski definition) is 19. The predicted molar refractivity (Wildman–Crippen MR) is 445 cm³/mol. The standard InChI is InChI=1S/C24H32Cl2O5.C15H23ClO4.C15H24O5.C12H15ClO2.C10H11ClO2.C8H8BrClO/c1-28-10-11-29-12-13-30-14-15-31-24-5-3-20(7-9-26)17-22(24)18-21-16-19(6-8-25)2-4-23(21)27;2*1-17-8-9-18-10-11-19-12-13-20-15-4-2-14(3-5-15)6-7-16;1-2-3-12(14)15-11-6-4-10(5-7-11)8-9-13;1-8(12)13-10-4-2-9(3-5-10)6-7-11;9-7-5-6(3-4-10)1-2-8(7)11/h2-5,16-17,27H,6-15,18H2,1H3;2-5H,6-13H2,1H3;2-5,16H,6-13H2,1H3;4-7H,2-3,8-9H2,1H3;2-5H,6-7H2,1H3;1-2,5,11H,3-4H2. The number of alkyl halides is 6. The number of rotatable bonds is 50. The number of aromatic hydroxyl groups is 2.